The maximum atomic E-state index is 11.9. The molecule has 2 aromatic carbocycles. The van der Waals surface area contributed by atoms with Crippen molar-refractivity contribution in [3.8, 4) is 17.0 Å². The second-order valence-electron chi connectivity index (χ2n) is 6.66. The van der Waals surface area contributed by atoms with Gasteiger partial charge in [0.1, 0.15) is 12.4 Å². The second kappa shape index (κ2) is 10.5. The Morgan fingerprint density at radius 3 is 2.60 bits per heavy atom. The zero-order valence-corrected chi connectivity index (χ0v) is 17.8. The third kappa shape index (κ3) is 5.67. The van der Waals surface area contributed by atoms with E-state index in [9.17, 15) is 9.59 Å². The number of thiazole rings is 1. The van der Waals surface area contributed by atoms with Gasteiger partial charge in [-0.15, -0.1) is 11.3 Å². The molecule has 1 heterocycles. The summed E-state index contributed by atoms with van der Waals surface area (Å²) < 4.78 is 10.7. The minimum atomic E-state index is -0.367. The van der Waals surface area contributed by atoms with E-state index in [4.69, 9.17) is 9.47 Å². The van der Waals surface area contributed by atoms with Crippen LogP contribution in [0.3, 0.4) is 0 Å². The fourth-order valence-corrected chi connectivity index (χ4v) is 3.52. The Kier molecular flexibility index (Phi) is 7.57. The number of anilines is 1. The zero-order chi connectivity index (χ0) is 21.3. The van der Waals surface area contributed by atoms with E-state index in [1.165, 1.54) is 18.4 Å². The SMILES string of the molecule is CCCCC(=O)Nc1nc(-c2ccccc2OCc2ccc(C(=O)OC)cc2)cs1. The molecule has 30 heavy (non-hydrogen) atoms. The van der Waals surface area contributed by atoms with Crippen molar-refractivity contribution in [2.45, 2.75) is 32.8 Å². The average Bonchev–Trinajstić information content (AvgIpc) is 3.24. The standard InChI is InChI=1S/C23H24N2O4S/c1-3-4-9-21(26)25-23-24-19(15-30-23)18-7-5-6-8-20(18)29-14-16-10-12-17(13-11-16)22(27)28-2/h5-8,10-13,15H,3-4,9,14H2,1-2H3,(H,24,25,26). The molecule has 0 saturated carbocycles. The molecule has 1 aromatic heterocycles. The lowest BCUT2D eigenvalue weighted by molar-refractivity contribution is -0.116. The number of aromatic nitrogens is 1. The number of esters is 1. The number of para-hydroxylation sites is 1. The van der Waals surface area contributed by atoms with Crippen LogP contribution in [0, 0.1) is 0 Å². The van der Waals surface area contributed by atoms with Crippen LogP contribution in [-0.2, 0) is 16.1 Å². The molecular weight excluding hydrogens is 400 g/mol. The van der Waals surface area contributed by atoms with E-state index in [1.54, 1.807) is 12.1 Å². The molecule has 0 aliphatic heterocycles. The number of carbonyl (C=O) groups excluding carboxylic acids is 2. The molecule has 0 spiro atoms. The number of hydrogen-bond donors (Lipinski definition) is 1. The van der Waals surface area contributed by atoms with Crippen molar-refractivity contribution in [3.63, 3.8) is 0 Å². The summed E-state index contributed by atoms with van der Waals surface area (Å²) in [5, 5.41) is 5.34. The summed E-state index contributed by atoms with van der Waals surface area (Å²) in [4.78, 5) is 28.0. The maximum absolute atomic E-state index is 11.9. The summed E-state index contributed by atoms with van der Waals surface area (Å²) in [7, 11) is 1.36. The molecule has 1 N–H and O–H groups in total. The molecule has 3 aromatic rings. The number of nitrogens with one attached hydrogen (secondary N) is 1. The number of methoxy groups -OCH3 is 1. The molecular formula is C23H24N2O4S. The first kappa shape index (κ1) is 21.5. The van der Waals surface area contributed by atoms with Gasteiger partial charge >= 0.3 is 5.97 Å². The van der Waals surface area contributed by atoms with Crippen molar-refractivity contribution in [1.82, 2.24) is 4.98 Å². The number of amides is 1. The molecule has 6 nitrogen and oxygen atoms in total. The van der Waals surface area contributed by atoms with Crippen molar-refractivity contribution in [1.29, 1.82) is 0 Å². The predicted molar refractivity (Wildman–Crippen MR) is 118 cm³/mol. The molecule has 0 fully saturated rings. The number of hydrogen-bond acceptors (Lipinski definition) is 6. The summed E-state index contributed by atoms with van der Waals surface area (Å²) in [6.07, 6.45) is 2.34. The van der Waals surface area contributed by atoms with Crippen molar-refractivity contribution in [2.75, 3.05) is 12.4 Å². The Bertz CT molecular complexity index is 998. The molecule has 0 aliphatic rings. The van der Waals surface area contributed by atoms with Crippen LogP contribution < -0.4 is 10.1 Å². The molecule has 0 aliphatic carbocycles. The van der Waals surface area contributed by atoms with Crippen LogP contribution in [0.15, 0.2) is 53.9 Å². The van der Waals surface area contributed by atoms with E-state index < -0.39 is 0 Å². The van der Waals surface area contributed by atoms with E-state index in [0.717, 1.165) is 29.7 Å². The van der Waals surface area contributed by atoms with Crippen LogP contribution in [0.5, 0.6) is 5.75 Å². The molecule has 156 valence electrons. The van der Waals surface area contributed by atoms with Crippen LogP contribution in [0.4, 0.5) is 5.13 Å². The Morgan fingerprint density at radius 2 is 1.87 bits per heavy atom. The number of unbranched alkanes of at least 4 members (excludes halogenated alkanes) is 1. The van der Waals surface area contributed by atoms with Gasteiger partial charge in [0.25, 0.3) is 0 Å². The normalized spacial score (nSPS) is 10.5. The van der Waals surface area contributed by atoms with Gasteiger partial charge in [0.05, 0.1) is 18.4 Å². The molecule has 0 unspecified atom stereocenters. The highest BCUT2D eigenvalue weighted by atomic mass is 32.1. The monoisotopic (exact) mass is 424 g/mol. The minimum Gasteiger partial charge on any atom is -0.488 e. The average molecular weight is 425 g/mol. The molecule has 0 saturated heterocycles. The Hall–Kier alpha value is -3.19. The van der Waals surface area contributed by atoms with Crippen LogP contribution in [0.1, 0.15) is 42.1 Å². The molecule has 0 radical (unpaired) electrons. The van der Waals surface area contributed by atoms with E-state index in [1.807, 2.05) is 41.8 Å². The number of rotatable bonds is 9. The molecule has 3 rings (SSSR count). The highest BCUT2D eigenvalue weighted by Gasteiger charge is 2.12. The number of ether oxygens (including phenoxy) is 2. The summed E-state index contributed by atoms with van der Waals surface area (Å²) in [5.74, 6) is 0.315. The van der Waals surface area contributed by atoms with Crippen molar-refractivity contribution in [3.05, 3.63) is 65.0 Å². The number of carbonyl (C=O) groups is 2. The summed E-state index contributed by atoms with van der Waals surface area (Å²) in [5.41, 5.74) is 3.04. The van der Waals surface area contributed by atoms with Gasteiger partial charge in [0.2, 0.25) is 5.91 Å². The summed E-state index contributed by atoms with van der Waals surface area (Å²) in [6.45, 7) is 2.41. The number of nitrogens with zero attached hydrogens (tertiary/aromatic N) is 1. The fourth-order valence-electron chi connectivity index (χ4n) is 2.79. The minimum absolute atomic E-state index is 0.0160. The van der Waals surface area contributed by atoms with Gasteiger partial charge in [-0.05, 0) is 36.2 Å². The smallest absolute Gasteiger partial charge is 0.337 e. The van der Waals surface area contributed by atoms with Gasteiger partial charge in [-0.1, -0.05) is 37.6 Å². The number of benzene rings is 2. The Labute approximate surface area is 179 Å². The lowest BCUT2D eigenvalue weighted by atomic mass is 10.1. The third-order valence-corrected chi connectivity index (χ3v) is 5.20. The first-order valence-electron chi connectivity index (χ1n) is 9.75. The van der Waals surface area contributed by atoms with Gasteiger partial charge in [0, 0.05) is 17.4 Å². The summed E-state index contributed by atoms with van der Waals surface area (Å²) in [6, 6.07) is 14.7. The zero-order valence-electron chi connectivity index (χ0n) is 17.0. The first-order chi connectivity index (χ1) is 14.6. The Morgan fingerprint density at radius 1 is 1.10 bits per heavy atom. The molecule has 7 heteroatoms. The predicted octanol–water partition coefficient (Wildman–Crippen LogP) is 5.30. The molecule has 0 atom stereocenters. The topological polar surface area (TPSA) is 77.5 Å². The van der Waals surface area contributed by atoms with E-state index in [2.05, 4.69) is 17.2 Å². The van der Waals surface area contributed by atoms with Crippen molar-refractivity contribution >= 4 is 28.3 Å². The van der Waals surface area contributed by atoms with E-state index >= 15 is 0 Å². The van der Waals surface area contributed by atoms with Crippen molar-refractivity contribution in [2.24, 2.45) is 0 Å². The quantitative estimate of drug-likeness (QED) is 0.471. The van der Waals surface area contributed by atoms with E-state index in [0.29, 0.717) is 29.5 Å². The largest absolute Gasteiger partial charge is 0.488 e. The molecule has 1 amide bonds. The highest BCUT2D eigenvalue weighted by molar-refractivity contribution is 7.14. The van der Waals surface area contributed by atoms with Crippen LogP contribution in [-0.4, -0.2) is 24.0 Å². The highest BCUT2D eigenvalue weighted by Crippen LogP contribution is 2.32. The maximum Gasteiger partial charge on any atom is 0.337 e. The van der Waals surface area contributed by atoms with Gasteiger partial charge in [0.15, 0.2) is 5.13 Å². The first-order valence-corrected chi connectivity index (χ1v) is 10.6. The lowest BCUT2D eigenvalue weighted by Gasteiger charge is -2.10. The van der Waals surface area contributed by atoms with Gasteiger partial charge < -0.3 is 14.8 Å². The lowest BCUT2D eigenvalue weighted by Crippen LogP contribution is -2.10. The van der Waals surface area contributed by atoms with Gasteiger partial charge in [-0.2, -0.15) is 0 Å². The fraction of sp³-hybridized carbons (Fsp3) is 0.261. The van der Waals surface area contributed by atoms with Gasteiger partial charge in [-0.3, -0.25) is 4.79 Å². The molecule has 0 bridgehead atoms. The van der Waals surface area contributed by atoms with Crippen LogP contribution in [0.25, 0.3) is 11.3 Å². The second-order valence-corrected chi connectivity index (χ2v) is 7.52. The van der Waals surface area contributed by atoms with Crippen LogP contribution in [0.2, 0.25) is 0 Å². The Balaban J connectivity index is 1.68. The van der Waals surface area contributed by atoms with Crippen LogP contribution >= 0.6 is 11.3 Å². The summed E-state index contributed by atoms with van der Waals surface area (Å²) >= 11 is 1.39. The van der Waals surface area contributed by atoms with Crippen molar-refractivity contribution < 1.29 is 19.1 Å². The third-order valence-electron chi connectivity index (χ3n) is 4.44. The van der Waals surface area contributed by atoms with E-state index in [-0.39, 0.29) is 11.9 Å². The van der Waals surface area contributed by atoms with Gasteiger partial charge in [-0.25, -0.2) is 9.78 Å².